The van der Waals surface area contributed by atoms with Crippen molar-refractivity contribution in [1.29, 1.82) is 0 Å². The molecule has 0 N–H and O–H groups in total. The van der Waals surface area contributed by atoms with E-state index in [4.69, 9.17) is 9.97 Å². The minimum absolute atomic E-state index is 0.140. The van der Waals surface area contributed by atoms with Crippen LogP contribution in [-0.4, -0.2) is 47.5 Å². The first-order chi connectivity index (χ1) is 12.5. The third kappa shape index (κ3) is 2.79. The highest BCUT2D eigenvalue weighted by atomic mass is 32.1. The summed E-state index contributed by atoms with van der Waals surface area (Å²) in [7, 11) is 3.65. The van der Waals surface area contributed by atoms with Crippen LogP contribution < -0.4 is 4.90 Å². The van der Waals surface area contributed by atoms with Gasteiger partial charge in [-0.2, -0.15) is 0 Å². The average Bonchev–Trinajstić information content (AvgIpc) is 3.34. The molecule has 1 aliphatic rings. The van der Waals surface area contributed by atoms with Crippen molar-refractivity contribution in [1.82, 2.24) is 14.9 Å². The van der Waals surface area contributed by atoms with Gasteiger partial charge in [-0.15, -0.1) is 22.7 Å². The van der Waals surface area contributed by atoms with Crippen LogP contribution in [0.4, 0.5) is 5.82 Å². The van der Waals surface area contributed by atoms with Gasteiger partial charge in [0.1, 0.15) is 16.7 Å². The van der Waals surface area contributed by atoms with Gasteiger partial charge in [-0.3, -0.25) is 4.79 Å². The minimum Gasteiger partial charge on any atom is -0.347 e. The van der Waals surface area contributed by atoms with E-state index in [-0.39, 0.29) is 11.9 Å². The monoisotopic (exact) mass is 386 g/mol. The summed E-state index contributed by atoms with van der Waals surface area (Å²) in [5.41, 5.74) is 1.22. The molecule has 1 aliphatic heterocycles. The Morgan fingerprint density at radius 3 is 2.81 bits per heavy atom. The number of anilines is 1. The van der Waals surface area contributed by atoms with Gasteiger partial charge < -0.3 is 9.80 Å². The van der Waals surface area contributed by atoms with E-state index >= 15 is 0 Å². The number of hydrogen-bond donors (Lipinski definition) is 0. The first-order valence-corrected chi connectivity index (χ1v) is 10.5. The Labute approximate surface area is 161 Å². The first-order valence-electron chi connectivity index (χ1n) is 8.76. The van der Waals surface area contributed by atoms with Gasteiger partial charge in [-0.1, -0.05) is 6.07 Å². The van der Waals surface area contributed by atoms with Gasteiger partial charge >= 0.3 is 0 Å². The molecule has 1 atom stereocenters. The van der Waals surface area contributed by atoms with Crippen LogP contribution in [0.3, 0.4) is 0 Å². The standard InChI is InChI=1S/C19H22N4OS2/c1-11-12(2)26-18-15(11)17(20-16(21-18)14-8-6-10-25-14)23-9-5-7-13(23)19(24)22(3)4/h6,8,10,13H,5,7,9H2,1-4H3/t13-/m0/s1. The molecule has 0 radical (unpaired) electrons. The summed E-state index contributed by atoms with van der Waals surface area (Å²) in [5, 5.41) is 3.15. The van der Waals surface area contributed by atoms with Crippen molar-refractivity contribution in [2.75, 3.05) is 25.5 Å². The van der Waals surface area contributed by atoms with Crippen LogP contribution in [0.15, 0.2) is 17.5 Å². The van der Waals surface area contributed by atoms with Crippen LogP contribution in [0.1, 0.15) is 23.3 Å². The maximum Gasteiger partial charge on any atom is 0.244 e. The summed E-state index contributed by atoms with van der Waals surface area (Å²) in [6.07, 6.45) is 1.88. The number of aromatic nitrogens is 2. The lowest BCUT2D eigenvalue weighted by atomic mass is 10.1. The minimum atomic E-state index is -0.140. The predicted molar refractivity (Wildman–Crippen MR) is 109 cm³/mol. The predicted octanol–water partition coefficient (Wildman–Crippen LogP) is 4.09. The highest BCUT2D eigenvalue weighted by Crippen LogP contribution is 2.39. The van der Waals surface area contributed by atoms with Crippen LogP contribution in [0.2, 0.25) is 0 Å². The molecule has 4 rings (SSSR count). The van der Waals surface area contributed by atoms with Crippen molar-refractivity contribution in [2.24, 2.45) is 0 Å². The SMILES string of the molecule is Cc1sc2nc(-c3cccs3)nc(N3CCC[C@H]3C(=O)N(C)C)c2c1C. The Hall–Kier alpha value is -1.99. The molecule has 0 bridgehead atoms. The number of carbonyl (C=O) groups excluding carboxylic acids is 1. The van der Waals surface area contributed by atoms with E-state index in [2.05, 4.69) is 24.8 Å². The van der Waals surface area contributed by atoms with Gasteiger partial charge in [-0.25, -0.2) is 9.97 Å². The maximum absolute atomic E-state index is 12.7. The molecule has 1 saturated heterocycles. The molecule has 3 aromatic heterocycles. The molecule has 1 amide bonds. The number of rotatable bonds is 3. The fourth-order valence-corrected chi connectivity index (χ4v) is 5.21. The molecule has 136 valence electrons. The van der Waals surface area contributed by atoms with Gasteiger partial charge in [0, 0.05) is 25.5 Å². The molecule has 0 spiro atoms. The summed E-state index contributed by atoms with van der Waals surface area (Å²) >= 11 is 3.36. The second kappa shape index (κ2) is 6.63. The fraction of sp³-hybridized carbons (Fsp3) is 0.421. The third-order valence-corrected chi connectivity index (χ3v) is 6.97. The molecule has 26 heavy (non-hydrogen) atoms. The molecular formula is C19H22N4OS2. The first kappa shape index (κ1) is 17.4. The van der Waals surface area contributed by atoms with Crippen LogP contribution in [0.5, 0.6) is 0 Å². The van der Waals surface area contributed by atoms with Crippen LogP contribution in [-0.2, 0) is 4.79 Å². The Morgan fingerprint density at radius 1 is 1.31 bits per heavy atom. The zero-order valence-electron chi connectivity index (χ0n) is 15.4. The van der Waals surface area contributed by atoms with E-state index in [1.165, 1.54) is 10.4 Å². The second-order valence-corrected chi connectivity index (χ2v) is 9.05. The number of fused-ring (bicyclic) bond motifs is 1. The molecule has 4 heterocycles. The van der Waals surface area contributed by atoms with Crippen LogP contribution in [0.25, 0.3) is 20.9 Å². The molecule has 0 aliphatic carbocycles. The molecule has 1 fully saturated rings. The largest absolute Gasteiger partial charge is 0.347 e. The Balaban J connectivity index is 1.91. The highest BCUT2D eigenvalue weighted by molar-refractivity contribution is 7.19. The number of carbonyl (C=O) groups is 1. The topological polar surface area (TPSA) is 49.3 Å². The van der Waals surface area contributed by atoms with Crippen molar-refractivity contribution in [3.63, 3.8) is 0 Å². The van der Waals surface area contributed by atoms with Gasteiger partial charge in [-0.05, 0) is 43.7 Å². The molecular weight excluding hydrogens is 364 g/mol. The smallest absolute Gasteiger partial charge is 0.244 e. The summed E-state index contributed by atoms with van der Waals surface area (Å²) in [6.45, 7) is 5.11. The number of amides is 1. The lowest BCUT2D eigenvalue weighted by Crippen LogP contribution is -2.43. The van der Waals surface area contributed by atoms with Crippen molar-refractivity contribution >= 4 is 44.6 Å². The van der Waals surface area contributed by atoms with E-state index in [1.54, 1.807) is 27.6 Å². The summed E-state index contributed by atoms with van der Waals surface area (Å²) < 4.78 is 0. The average molecular weight is 387 g/mol. The van der Waals surface area contributed by atoms with Gasteiger partial charge in [0.25, 0.3) is 0 Å². The van der Waals surface area contributed by atoms with Crippen molar-refractivity contribution in [3.05, 3.63) is 28.0 Å². The Bertz CT molecular complexity index is 962. The second-order valence-electron chi connectivity index (χ2n) is 6.90. The number of thiophene rings is 2. The van der Waals surface area contributed by atoms with Gasteiger partial charge in [0.15, 0.2) is 5.82 Å². The number of aryl methyl sites for hydroxylation is 2. The lowest BCUT2D eigenvalue weighted by molar-refractivity contribution is -0.129. The van der Waals surface area contributed by atoms with E-state index in [9.17, 15) is 4.79 Å². The molecule has 5 nitrogen and oxygen atoms in total. The zero-order chi connectivity index (χ0) is 18.4. The molecule has 7 heteroatoms. The third-order valence-electron chi connectivity index (χ3n) is 5.00. The quantitative estimate of drug-likeness (QED) is 0.680. The van der Waals surface area contributed by atoms with Crippen molar-refractivity contribution in [2.45, 2.75) is 32.7 Å². The summed E-state index contributed by atoms with van der Waals surface area (Å²) in [5.74, 6) is 1.82. The van der Waals surface area contributed by atoms with E-state index in [1.807, 2.05) is 25.5 Å². The Kier molecular flexibility index (Phi) is 4.44. The van der Waals surface area contributed by atoms with E-state index < -0.39 is 0 Å². The van der Waals surface area contributed by atoms with Gasteiger partial charge in [0.2, 0.25) is 5.91 Å². The molecule has 0 saturated carbocycles. The number of hydrogen-bond acceptors (Lipinski definition) is 6. The Morgan fingerprint density at radius 2 is 2.12 bits per heavy atom. The molecule has 3 aromatic rings. The summed E-state index contributed by atoms with van der Waals surface area (Å²) in [6, 6.07) is 3.93. The highest BCUT2D eigenvalue weighted by Gasteiger charge is 2.34. The lowest BCUT2D eigenvalue weighted by Gasteiger charge is -2.28. The fourth-order valence-electron chi connectivity index (χ4n) is 3.53. The maximum atomic E-state index is 12.7. The normalized spacial score (nSPS) is 17.2. The van der Waals surface area contributed by atoms with Crippen LogP contribution in [0, 0.1) is 13.8 Å². The van der Waals surface area contributed by atoms with Crippen molar-refractivity contribution < 1.29 is 4.79 Å². The zero-order valence-corrected chi connectivity index (χ0v) is 17.1. The number of likely N-dealkylation sites (N-methyl/N-ethyl adjacent to an activating group) is 1. The van der Waals surface area contributed by atoms with Crippen molar-refractivity contribution in [3.8, 4) is 10.7 Å². The molecule has 0 aromatic carbocycles. The molecule has 0 unspecified atom stereocenters. The summed E-state index contributed by atoms with van der Waals surface area (Å²) in [4.78, 5) is 29.7. The number of nitrogens with zero attached hydrogens (tertiary/aromatic N) is 4. The van der Waals surface area contributed by atoms with E-state index in [0.717, 1.165) is 46.1 Å². The van der Waals surface area contributed by atoms with Gasteiger partial charge in [0.05, 0.1) is 10.3 Å². The van der Waals surface area contributed by atoms with E-state index in [0.29, 0.717) is 0 Å². The van der Waals surface area contributed by atoms with Crippen LogP contribution >= 0.6 is 22.7 Å².